The Morgan fingerprint density at radius 2 is 1.61 bits per heavy atom. The molecule has 0 radical (unpaired) electrons. The summed E-state index contributed by atoms with van der Waals surface area (Å²) in [6, 6.07) is 7.19. The molecule has 1 heterocycles. The molecular weight excluding hydrogens is 443 g/mol. The van der Waals surface area contributed by atoms with Crippen LogP contribution in [-0.4, -0.2) is 32.3 Å². The van der Waals surface area contributed by atoms with Gasteiger partial charge in [0, 0.05) is 18.7 Å². The lowest BCUT2D eigenvalue weighted by atomic mass is 10.1. The fraction of sp³-hybridized carbons (Fsp3) is 0.316. The van der Waals surface area contributed by atoms with E-state index in [2.05, 4.69) is 4.72 Å². The van der Waals surface area contributed by atoms with Crippen molar-refractivity contribution in [1.29, 1.82) is 0 Å². The zero-order chi connectivity index (χ0) is 20.5. The highest BCUT2D eigenvalue weighted by Gasteiger charge is 2.23. The van der Waals surface area contributed by atoms with Gasteiger partial charge in [-0.3, -0.25) is 9.52 Å². The van der Waals surface area contributed by atoms with Gasteiger partial charge < -0.3 is 4.90 Å². The molecular formula is C19H19Cl3N2O3S. The molecule has 0 aliphatic carbocycles. The number of hydrogen-bond acceptors (Lipinski definition) is 3. The molecule has 0 spiro atoms. The van der Waals surface area contributed by atoms with Gasteiger partial charge in [0.25, 0.3) is 15.9 Å². The van der Waals surface area contributed by atoms with Crippen LogP contribution in [0, 0.1) is 6.92 Å². The van der Waals surface area contributed by atoms with Crippen molar-refractivity contribution in [3.05, 3.63) is 56.5 Å². The van der Waals surface area contributed by atoms with Gasteiger partial charge in [0.15, 0.2) is 0 Å². The first-order chi connectivity index (χ1) is 13.2. The highest BCUT2D eigenvalue weighted by Crippen LogP contribution is 2.33. The zero-order valence-corrected chi connectivity index (χ0v) is 18.2. The van der Waals surface area contributed by atoms with Gasteiger partial charge in [-0.05, 0) is 56.0 Å². The Hall–Kier alpha value is -1.47. The fourth-order valence-corrected chi connectivity index (χ4v) is 4.82. The highest BCUT2D eigenvalue weighted by molar-refractivity contribution is 7.92. The summed E-state index contributed by atoms with van der Waals surface area (Å²) in [4.78, 5) is 14.6. The first kappa shape index (κ1) is 21.2. The van der Waals surface area contributed by atoms with E-state index in [0.717, 1.165) is 24.8 Å². The summed E-state index contributed by atoms with van der Waals surface area (Å²) in [5, 5.41) is 0.516. The largest absolute Gasteiger partial charge is 0.339 e. The number of aryl methyl sites for hydroxylation is 1. The van der Waals surface area contributed by atoms with Crippen molar-refractivity contribution in [1.82, 2.24) is 4.90 Å². The first-order valence-corrected chi connectivity index (χ1v) is 11.4. The average molecular weight is 462 g/mol. The second-order valence-corrected chi connectivity index (χ2v) is 9.59. The summed E-state index contributed by atoms with van der Waals surface area (Å²) < 4.78 is 28.1. The standard InChI is InChI=1S/C19H19Cl3N2O3S/c1-12-5-6-13(9-14(12)19(25)24-7-3-2-4-8-24)28(26,27)23-18-11-16(21)15(20)10-17(18)22/h5-6,9-11,23H,2-4,7-8H2,1H3. The summed E-state index contributed by atoms with van der Waals surface area (Å²) >= 11 is 17.9. The topological polar surface area (TPSA) is 66.5 Å². The molecule has 1 saturated heterocycles. The van der Waals surface area contributed by atoms with Crippen LogP contribution in [0.1, 0.15) is 35.2 Å². The quantitative estimate of drug-likeness (QED) is 0.621. The van der Waals surface area contributed by atoms with E-state index < -0.39 is 10.0 Å². The lowest BCUT2D eigenvalue weighted by Crippen LogP contribution is -2.36. The number of anilines is 1. The van der Waals surface area contributed by atoms with Crippen LogP contribution in [-0.2, 0) is 10.0 Å². The third-order valence-corrected chi connectivity index (χ3v) is 7.05. The minimum absolute atomic E-state index is 0.0272. The van der Waals surface area contributed by atoms with Gasteiger partial charge in [0.2, 0.25) is 0 Å². The number of amides is 1. The van der Waals surface area contributed by atoms with Crippen molar-refractivity contribution in [2.75, 3.05) is 17.8 Å². The van der Waals surface area contributed by atoms with E-state index in [0.29, 0.717) is 18.7 Å². The molecule has 2 aromatic rings. The van der Waals surface area contributed by atoms with E-state index >= 15 is 0 Å². The third-order valence-electron chi connectivity index (χ3n) is 4.65. The Balaban J connectivity index is 1.92. The molecule has 150 valence electrons. The smallest absolute Gasteiger partial charge is 0.261 e. The number of carbonyl (C=O) groups is 1. The molecule has 3 rings (SSSR count). The van der Waals surface area contributed by atoms with Crippen LogP contribution in [0.5, 0.6) is 0 Å². The van der Waals surface area contributed by atoms with E-state index in [1.165, 1.54) is 24.3 Å². The molecule has 1 fully saturated rings. The second kappa shape index (κ2) is 8.49. The van der Waals surface area contributed by atoms with Crippen LogP contribution in [0.3, 0.4) is 0 Å². The number of halogens is 3. The lowest BCUT2D eigenvalue weighted by Gasteiger charge is -2.27. The van der Waals surface area contributed by atoms with Crippen molar-refractivity contribution >= 4 is 56.4 Å². The molecule has 1 N–H and O–H groups in total. The molecule has 28 heavy (non-hydrogen) atoms. The number of rotatable bonds is 4. The van der Waals surface area contributed by atoms with E-state index in [9.17, 15) is 13.2 Å². The SMILES string of the molecule is Cc1ccc(S(=O)(=O)Nc2cc(Cl)c(Cl)cc2Cl)cc1C(=O)N1CCCCC1. The van der Waals surface area contributed by atoms with Crippen LogP contribution in [0.2, 0.25) is 15.1 Å². The van der Waals surface area contributed by atoms with Crippen LogP contribution < -0.4 is 4.72 Å². The zero-order valence-electron chi connectivity index (χ0n) is 15.1. The highest BCUT2D eigenvalue weighted by atomic mass is 35.5. The van der Waals surface area contributed by atoms with Gasteiger partial charge in [-0.25, -0.2) is 8.42 Å². The Bertz CT molecular complexity index is 1020. The molecule has 0 atom stereocenters. The minimum Gasteiger partial charge on any atom is -0.339 e. The van der Waals surface area contributed by atoms with E-state index in [-0.39, 0.29) is 31.6 Å². The summed E-state index contributed by atoms with van der Waals surface area (Å²) in [6.45, 7) is 3.16. The summed E-state index contributed by atoms with van der Waals surface area (Å²) in [5.74, 6) is -0.151. The molecule has 1 aliphatic heterocycles. The van der Waals surface area contributed by atoms with Crippen LogP contribution in [0.4, 0.5) is 5.69 Å². The molecule has 1 amide bonds. The van der Waals surface area contributed by atoms with Gasteiger partial charge in [0.05, 0.1) is 25.7 Å². The maximum absolute atomic E-state index is 12.9. The number of hydrogen-bond donors (Lipinski definition) is 1. The normalized spacial score (nSPS) is 14.8. The number of piperidine rings is 1. The number of carbonyl (C=O) groups excluding carboxylic acids is 1. The van der Waals surface area contributed by atoms with E-state index in [1.54, 1.807) is 17.9 Å². The summed E-state index contributed by atoms with van der Waals surface area (Å²) in [5.41, 5.74) is 1.22. The molecule has 2 aromatic carbocycles. The van der Waals surface area contributed by atoms with Crippen LogP contribution in [0.25, 0.3) is 0 Å². The number of benzene rings is 2. The third kappa shape index (κ3) is 4.57. The molecule has 0 saturated carbocycles. The Morgan fingerprint density at radius 1 is 0.964 bits per heavy atom. The predicted octanol–water partition coefficient (Wildman–Crippen LogP) is 5.38. The maximum atomic E-state index is 12.9. The first-order valence-electron chi connectivity index (χ1n) is 8.76. The number of likely N-dealkylation sites (tertiary alicyclic amines) is 1. The second-order valence-electron chi connectivity index (χ2n) is 6.68. The molecule has 1 aliphatic rings. The fourth-order valence-electron chi connectivity index (χ4n) is 3.07. The predicted molar refractivity (Wildman–Crippen MR) is 113 cm³/mol. The van der Waals surface area contributed by atoms with Crippen LogP contribution in [0.15, 0.2) is 35.2 Å². The van der Waals surface area contributed by atoms with E-state index in [4.69, 9.17) is 34.8 Å². The van der Waals surface area contributed by atoms with Gasteiger partial charge in [-0.15, -0.1) is 0 Å². The van der Waals surface area contributed by atoms with Gasteiger partial charge in [-0.2, -0.15) is 0 Å². The van der Waals surface area contributed by atoms with Crippen molar-refractivity contribution in [2.45, 2.75) is 31.1 Å². The lowest BCUT2D eigenvalue weighted by molar-refractivity contribution is 0.0723. The van der Waals surface area contributed by atoms with Gasteiger partial charge in [0.1, 0.15) is 0 Å². The molecule has 5 nitrogen and oxygen atoms in total. The van der Waals surface area contributed by atoms with Gasteiger partial charge >= 0.3 is 0 Å². The number of nitrogens with zero attached hydrogens (tertiary/aromatic N) is 1. The number of nitrogens with one attached hydrogen (secondary N) is 1. The Morgan fingerprint density at radius 3 is 2.29 bits per heavy atom. The van der Waals surface area contributed by atoms with Gasteiger partial charge in [-0.1, -0.05) is 40.9 Å². The number of sulfonamides is 1. The Labute approximate surface area is 179 Å². The van der Waals surface area contributed by atoms with Crippen molar-refractivity contribution in [2.24, 2.45) is 0 Å². The molecule has 0 bridgehead atoms. The van der Waals surface area contributed by atoms with Crippen molar-refractivity contribution < 1.29 is 13.2 Å². The minimum atomic E-state index is -3.98. The summed E-state index contributed by atoms with van der Waals surface area (Å²) in [6.07, 6.45) is 3.02. The van der Waals surface area contributed by atoms with E-state index in [1.807, 2.05) is 0 Å². The molecule has 9 heteroatoms. The van der Waals surface area contributed by atoms with Crippen molar-refractivity contribution in [3.63, 3.8) is 0 Å². The summed E-state index contributed by atoms with van der Waals surface area (Å²) in [7, 11) is -3.98. The molecule has 0 aromatic heterocycles. The Kier molecular flexibility index (Phi) is 6.44. The monoisotopic (exact) mass is 460 g/mol. The van der Waals surface area contributed by atoms with Crippen LogP contribution >= 0.6 is 34.8 Å². The van der Waals surface area contributed by atoms with Crippen molar-refractivity contribution in [3.8, 4) is 0 Å². The molecule has 0 unspecified atom stereocenters. The maximum Gasteiger partial charge on any atom is 0.261 e. The average Bonchev–Trinajstić information content (AvgIpc) is 2.66.